The van der Waals surface area contributed by atoms with E-state index in [4.69, 9.17) is 9.47 Å². The molecule has 4 nitrogen and oxygen atoms in total. The molecule has 148 valence electrons. The number of hydrogen-bond acceptors (Lipinski definition) is 4. The first kappa shape index (κ1) is 19.2. The molecule has 0 radical (unpaired) electrons. The summed E-state index contributed by atoms with van der Waals surface area (Å²) >= 11 is 0. The first-order chi connectivity index (χ1) is 14.1. The average molecular weight is 387 g/mol. The van der Waals surface area contributed by atoms with E-state index in [1.807, 2.05) is 54.6 Å². The maximum Gasteiger partial charge on any atom is 0.251 e. The van der Waals surface area contributed by atoms with Crippen molar-refractivity contribution in [1.29, 1.82) is 0 Å². The van der Waals surface area contributed by atoms with Crippen LogP contribution in [-0.4, -0.2) is 17.8 Å². The predicted molar refractivity (Wildman–Crippen MR) is 115 cm³/mol. The normalized spacial score (nSPS) is 19.6. The summed E-state index contributed by atoms with van der Waals surface area (Å²) in [4.78, 5) is 16.0. The molecule has 1 saturated carbocycles. The number of carbonyl (C=O) groups excluding carboxylic acids is 1. The third-order valence-corrected chi connectivity index (χ3v) is 5.26. The molecule has 2 aromatic carbocycles. The van der Waals surface area contributed by atoms with Crippen LogP contribution in [0.2, 0.25) is 0 Å². The number of benzene rings is 2. The molecule has 1 heterocycles. The quantitative estimate of drug-likeness (QED) is 0.462. The fourth-order valence-corrected chi connectivity index (χ4v) is 3.75. The SMILES string of the molecule is CC(=O)c1cccc(N=CC=C2C=C(c3ccccc3)OC3(CCCCC3)O2)c1. The summed E-state index contributed by atoms with van der Waals surface area (Å²) in [6.45, 7) is 1.56. The van der Waals surface area contributed by atoms with Crippen LogP contribution in [0.15, 0.2) is 77.5 Å². The molecule has 2 aliphatic rings. The van der Waals surface area contributed by atoms with Gasteiger partial charge >= 0.3 is 0 Å². The van der Waals surface area contributed by atoms with Gasteiger partial charge in [0, 0.05) is 36.3 Å². The number of aliphatic imine (C=N–C) groups is 1. The van der Waals surface area contributed by atoms with Crippen LogP contribution in [0, 0.1) is 0 Å². The molecule has 0 bridgehead atoms. The van der Waals surface area contributed by atoms with Crippen LogP contribution in [-0.2, 0) is 9.47 Å². The molecule has 0 unspecified atom stereocenters. The molecule has 4 rings (SSSR count). The van der Waals surface area contributed by atoms with Crippen LogP contribution < -0.4 is 0 Å². The Morgan fingerprint density at radius 3 is 2.55 bits per heavy atom. The van der Waals surface area contributed by atoms with Crippen LogP contribution in [0.5, 0.6) is 0 Å². The lowest BCUT2D eigenvalue weighted by Crippen LogP contribution is -2.39. The Balaban J connectivity index is 1.61. The van der Waals surface area contributed by atoms with Gasteiger partial charge in [-0.25, -0.2) is 0 Å². The smallest absolute Gasteiger partial charge is 0.251 e. The van der Waals surface area contributed by atoms with Crippen molar-refractivity contribution in [3.63, 3.8) is 0 Å². The number of rotatable bonds is 4. The topological polar surface area (TPSA) is 47.9 Å². The number of ketones is 1. The van der Waals surface area contributed by atoms with Crippen LogP contribution in [0.3, 0.4) is 0 Å². The second kappa shape index (κ2) is 8.48. The summed E-state index contributed by atoms with van der Waals surface area (Å²) in [5, 5.41) is 0. The number of ether oxygens (including phenoxy) is 2. The highest BCUT2D eigenvalue weighted by Crippen LogP contribution is 2.41. The van der Waals surface area contributed by atoms with Crippen molar-refractivity contribution < 1.29 is 14.3 Å². The minimum Gasteiger partial charge on any atom is -0.452 e. The zero-order valence-corrected chi connectivity index (χ0v) is 16.6. The van der Waals surface area contributed by atoms with Crippen LogP contribution >= 0.6 is 0 Å². The summed E-state index contributed by atoms with van der Waals surface area (Å²) in [6.07, 6.45) is 10.7. The summed E-state index contributed by atoms with van der Waals surface area (Å²) in [6, 6.07) is 17.4. The van der Waals surface area contributed by atoms with Crippen LogP contribution in [0.4, 0.5) is 5.69 Å². The Morgan fingerprint density at radius 1 is 1.00 bits per heavy atom. The molecule has 4 heteroatoms. The largest absolute Gasteiger partial charge is 0.452 e. The number of carbonyl (C=O) groups is 1. The zero-order chi connectivity index (χ0) is 20.1. The molecule has 2 aromatic rings. The molecule has 29 heavy (non-hydrogen) atoms. The van der Waals surface area contributed by atoms with Gasteiger partial charge in [-0.3, -0.25) is 9.79 Å². The molecule has 1 fully saturated rings. The molecule has 0 atom stereocenters. The maximum atomic E-state index is 11.6. The Morgan fingerprint density at radius 2 is 1.79 bits per heavy atom. The Labute approximate surface area is 171 Å². The van der Waals surface area contributed by atoms with Crippen molar-refractivity contribution in [2.24, 2.45) is 4.99 Å². The van der Waals surface area contributed by atoms with Gasteiger partial charge in [0.2, 0.25) is 0 Å². The second-order valence-corrected chi connectivity index (χ2v) is 7.50. The van der Waals surface area contributed by atoms with E-state index in [1.54, 1.807) is 25.3 Å². The van der Waals surface area contributed by atoms with Crippen molar-refractivity contribution in [2.75, 3.05) is 0 Å². The number of hydrogen-bond donors (Lipinski definition) is 0. The molecule has 1 spiro atoms. The molecule has 0 saturated heterocycles. The van der Waals surface area contributed by atoms with Gasteiger partial charge in [0.1, 0.15) is 11.5 Å². The van der Waals surface area contributed by atoms with Gasteiger partial charge in [0.25, 0.3) is 5.79 Å². The molecular weight excluding hydrogens is 362 g/mol. The molecular formula is C25H25NO3. The van der Waals surface area contributed by atoms with E-state index >= 15 is 0 Å². The Hall–Kier alpha value is -3.14. The van der Waals surface area contributed by atoms with Crippen LogP contribution in [0.1, 0.15) is 54.9 Å². The van der Waals surface area contributed by atoms with E-state index in [0.717, 1.165) is 48.5 Å². The summed E-state index contributed by atoms with van der Waals surface area (Å²) < 4.78 is 12.6. The molecule has 0 aromatic heterocycles. The highest BCUT2D eigenvalue weighted by molar-refractivity contribution is 5.95. The van der Waals surface area contributed by atoms with Crippen molar-refractivity contribution in [3.05, 3.63) is 83.6 Å². The van der Waals surface area contributed by atoms with E-state index in [0.29, 0.717) is 5.56 Å². The number of nitrogens with zero attached hydrogens (tertiary/aromatic N) is 1. The van der Waals surface area contributed by atoms with Crippen molar-refractivity contribution in [3.8, 4) is 0 Å². The monoisotopic (exact) mass is 387 g/mol. The van der Waals surface area contributed by atoms with Gasteiger partial charge < -0.3 is 9.47 Å². The van der Waals surface area contributed by atoms with E-state index < -0.39 is 5.79 Å². The summed E-state index contributed by atoms with van der Waals surface area (Å²) in [7, 11) is 0. The molecule has 1 aliphatic carbocycles. The molecule has 0 N–H and O–H groups in total. The van der Waals surface area contributed by atoms with Crippen molar-refractivity contribution in [2.45, 2.75) is 44.8 Å². The van der Waals surface area contributed by atoms with Gasteiger partial charge in [-0.1, -0.05) is 48.9 Å². The zero-order valence-electron chi connectivity index (χ0n) is 16.6. The number of allylic oxidation sites excluding steroid dienone is 2. The Kier molecular flexibility index (Phi) is 5.61. The summed E-state index contributed by atoms with van der Waals surface area (Å²) in [5.74, 6) is 1.01. The highest BCUT2D eigenvalue weighted by atomic mass is 16.7. The predicted octanol–water partition coefficient (Wildman–Crippen LogP) is 6.22. The van der Waals surface area contributed by atoms with Crippen molar-refractivity contribution in [1.82, 2.24) is 0 Å². The first-order valence-electron chi connectivity index (χ1n) is 10.1. The van der Waals surface area contributed by atoms with Gasteiger partial charge in [-0.15, -0.1) is 0 Å². The van der Waals surface area contributed by atoms with E-state index in [-0.39, 0.29) is 5.78 Å². The Bertz CT molecular complexity index is 967. The first-order valence-corrected chi connectivity index (χ1v) is 10.1. The lowest BCUT2D eigenvalue weighted by atomic mass is 9.93. The standard InChI is InChI=1S/C25H25NO3/c1-19(27)21-11-8-12-22(17-21)26-16-13-23-18-24(20-9-4-2-5-10-20)29-25(28-23)14-6-3-7-15-25/h2,4-5,8-13,16-18H,3,6-7,14-15H2,1H3. The fraction of sp³-hybridized carbons (Fsp3) is 0.280. The number of Topliss-reactive ketones (excluding diaryl/α,β-unsaturated/α-hetero) is 1. The van der Waals surface area contributed by atoms with E-state index in [2.05, 4.69) is 4.99 Å². The second-order valence-electron chi connectivity index (χ2n) is 7.50. The minimum absolute atomic E-state index is 0.0304. The van der Waals surface area contributed by atoms with E-state index in [1.165, 1.54) is 6.42 Å². The average Bonchev–Trinajstić information content (AvgIpc) is 2.75. The minimum atomic E-state index is -0.591. The lowest BCUT2D eigenvalue weighted by Gasteiger charge is -2.41. The molecule has 1 aliphatic heterocycles. The summed E-state index contributed by atoms with van der Waals surface area (Å²) in [5.41, 5.74) is 2.43. The third-order valence-electron chi connectivity index (χ3n) is 5.26. The van der Waals surface area contributed by atoms with Crippen molar-refractivity contribution >= 4 is 23.4 Å². The molecule has 0 amide bonds. The third kappa shape index (κ3) is 4.65. The highest BCUT2D eigenvalue weighted by Gasteiger charge is 2.40. The lowest BCUT2D eigenvalue weighted by molar-refractivity contribution is -0.196. The van der Waals surface area contributed by atoms with Crippen LogP contribution in [0.25, 0.3) is 5.76 Å². The van der Waals surface area contributed by atoms with Gasteiger partial charge in [0.05, 0.1) is 5.69 Å². The van der Waals surface area contributed by atoms with E-state index in [9.17, 15) is 4.79 Å². The van der Waals surface area contributed by atoms with Gasteiger partial charge in [-0.05, 0) is 38.0 Å². The fourth-order valence-electron chi connectivity index (χ4n) is 3.75. The van der Waals surface area contributed by atoms with Gasteiger partial charge in [0.15, 0.2) is 5.78 Å². The van der Waals surface area contributed by atoms with Gasteiger partial charge in [-0.2, -0.15) is 0 Å². The maximum absolute atomic E-state index is 11.6.